The van der Waals surface area contributed by atoms with Crippen LogP contribution in [0.4, 0.5) is 13.2 Å². The van der Waals surface area contributed by atoms with Crippen molar-refractivity contribution in [3.8, 4) is 6.08 Å². The molecule has 0 radical (unpaired) electrons. The molecule has 0 unspecified atom stereocenters. The Bertz CT molecular complexity index is 360. The highest BCUT2D eigenvalue weighted by Gasteiger charge is 2.29. The van der Waals surface area contributed by atoms with Crippen LogP contribution in [0.15, 0.2) is 10.7 Å². The van der Waals surface area contributed by atoms with Gasteiger partial charge in [-0.3, -0.25) is 0 Å². The molecule has 5 nitrogen and oxygen atoms in total. The van der Waals surface area contributed by atoms with Gasteiger partial charge in [-0.1, -0.05) is 0 Å². The molecule has 1 heterocycles. The van der Waals surface area contributed by atoms with Crippen LogP contribution in [-0.4, -0.2) is 30.3 Å². The van der Waals surface area contributed by atoms with E-state index in [1.807, 2.05) is 0 Å². The molecule has 90 valence electrons. The summed E-state index contributed by atoms with van der Waals surface area (Å²) in [5.41, 5.74) is -0.237. The van der Waals surface area contributed by atoms with E-state index in [0.29, 0.717) is 0 Å². The van der Waals surface area contributed by atoms with Gasteiger partial charge in [-0.25, -0.2) is 4.79 Å². The first kappa shape index (κ1) is 12.3. The van der Waals surface area contributed by atoms with Crippen LogP contribution in [0.5, 0.6) is 6.08 Å². The highest BCUT2D eigenvalue weighted by Crippen LogP contribution is 2.18. The number of ether oxygens (including phenoxy) is 2. The number of carbonyl (C=O) groups is 1. The van der Waals surface area contributed by atoms with E-state index in [9.17, 15) is 18.0 Å². The van der Waals surface area contributed by atoms with E-state index in [-0.39, 0.29) is 12.3 Å². The largest absolute Gasteiger partial charge is 0.461 e. The molecule has 8 heteroatoms. The molecule has 0 saturated heterocycles. The molecule has 16 heavy (non-hydrogen) atoms. The molecule has 0 aliphatic rings. The SMILES string of the molecule is CCOC(=O)c1coc(OCC(F)(F)F)n1. The highest BCUT2D eigenvalue weighted by molar-refractivity contribution is 5.86. The van der Waals surface area contributed by atoms with Crippen molar-refractivity contribution in [1.29, 1.82) is 0 Å². The monoisotopic (exact) mass is 239 g/mol. The zero-order chi connectivity index (χ0) is 12.2. The average molecular weight is 239 g/mol. The van der Waals surface area contributed by atoms with Gasteiger partial charge in [0.25, 0.3) is 0 Å². The van der Waals surface area contributed by atoms with Crippen molar-refractivity contribution in [2.45, 2.75) is 13.1 Å². The Morgan fingerprint density at radius 3 is 2.81 bits per heavy atom. The van der Waals surface area contributed by atoms with Gasteiger partial charge in [-0.2, -0.15) is 18.2 Å². The number of esters is 1. The summed E-state index contributed by atoms with van der Waals surface area (Å²) in [6.45, 7) is 0.180. The van der Waals surface area contributed by atoms with Crippen LogP contribution in [0.3, 0.4) is 0 Å². The molecule has 0 atom stereocenters. The summed E-state index contributed by atoms with van der Waals surface area (Å²) >= 11 is 0. The Labute approximate surface area is 88.2 Å². The molecule has 0 N–H and O–H groups in total. The number of hydrogen-bond donors (Lipinski definition) is 0. The van der Waals surface area contributed by atoms with Gasteiger partial charge in [0.1, 0.15) is 6.26 Å². The van der Waals surface area contributed by atoms with Crippen molar-refractivity contribution < 1.29 is 31.9 Å². The number of oxazole rings is 1. The minimum Gasteiger partial charge on any atom is -0.461 e. The second-order valence-electron chi connectivity index (χ2n) is 2.62. The van der Waals surface area contributed by atoms with E-state index < -0.39 is 24.8 Å². The van der Waals surface area contributed by atoms with E-state index >= 15 is 0 Å². The third-order valence-electron chi connectivity index (χ3n) is 1.33. The molecule has 0 spiro atoms. The first-order chi connectivity index (χ1) is 7.42. The summed E-state index contributed by atoms with van der Waals surface area (Å²) in [6, 6.07) is 0. The Morgan fingerprint density at radius 2 is 2.25 bits per heavy atom. The molecule has 0 aliphatic heterocycles. The van der Waals surface area contributed by atoms with Gasteiger partial charge in [-0.05, 0) is 6.92 Å². The molecule has 1 aromatic heterocycles. The van der Waals surface area contributed by atoms with Crippen molar-refractivity contribution in [2.75, 3.05) is 13.2 Å². The van der Waals surface area contributed by atoms with Gasteiger partial charge < -0.3 is 13.9 Å². The lowest BCUT2D eigenvalue weighted by Gasteiger charge is -2.04. The van der Waals surface area contributed by atoms with Crippen LogP contribution in [0.25, 0.3) is 0 Å². The minimum absolute atomic E-state index is 0.129. The van der Waals surface area contributed by atoms with Crippen LogP contribution in [0.2, 0.25) is 0 Å². The molecular weight excluding hydrogens is 231 g/mol. The topological polar surface area (TPSA) is 61.6 Å². The van der Waals surface area contributed by atoms with Crippen LogP contribution in [-0.2, 0) is 4.74 Å². The average Bonchev–Trinajstić information content (AvgIpc) is 2.62. The van der Waals surface area contributed by atoms with Gasteiger partial charge in [0, 0.05) is 0 Å². The molecule has 0 bridgehead atoms. The second-order valence-corrected chi connectivity index (χ2v) is 2.62. The Balaban J connectivity index is 2.55. The Kier molecular flexibility index (Phi) is 3.75. The van der Waals surface area contributed by atoms with Crippen molar-refractivity contribution in [3.63, 3.8) is 0 Å². The van der Waals surface area contributed by atoms with Crippen molar-refractivity contribution in [3.05, 3.63) is 12.0 Å². The summed E-state index contributed by atoms with van der Waals surface area (Å²) in [4.78, 5) is 14.4. The quantitative estimate of drug-likeness (QED) is 0.749. The number of aromatic nitrogens is 1. The van der Waals surface area contributed by atoms with E-state index in [2.05, 4.69) is 18.9 Å². The second kappa shape index (κ2) is 4.86. The predicted octanol–water partition coefficient (Wildman–Crippen LogP) is 1.79. The highest BCUT2D eigenvalue weighted by atomic mass is 19.4. The number of alkyl halides is 3. The summed E-state index contributed by atoms with van der Waals surface area (Å²) in [5, 5.41) is 0. The lowest BCUT2D eigenvalue weighted by atomic mass is 10.5. The molecule has 1 rings (SSSR count). The number of carbonyl (C=O) groups excluding carboxylic acids is 1. The van der Waals surface area contributed by atoms with E-state index in [1.165, 1.54) is 0 Å². The first-order valence-corrected chi connectivity index (χ1v) is 4.24. The number of hydrogen-bond acceptors (Lipinski definition) is 5. The lowest BCUT2D eigenvalue weighted by molar-refractivity contribution is -0.156. The summed E-state index contributed by atoms with van der Waals surface area (Å²) in [6.07, 6.45) is -4.25. The fraction of sp³-hybridized carbons (Fsp3) is 0.500. The maximum atomic E-state index is 11.7. The third-order valence-corrected chi connectivity index (χ3v) is 1.33. The maximum Gasteiger partial charge on any atom is 0.422 e. The van der Waals surface area contributed by atoms with Gasteiger partial charge in [0.05, 0.1) is 6.61 Å². The molecule has 0 aromatic carbocycles. The number of rotatable bonds is 4. The zero-order valence-electron chi connectivity index (χ0n) is 8.21. The van der Waals surface area contributed by atoms with Crippen LogP contribution < -0.4 is 4.74 Å². The Hall–Kier alpha value is -1.73. The van der Waals surface area contributed by atoms with Crippen LogP contribution >= 0.6 is 0 Å². The van der Waals surface area contributed by atoms with Gasteiger partial charge in [-0.15, -0.1) is 0 Å². The zero-order valence-corrected chi connectivity index (χ0v) is 8.21. The van der Waals surface area contributed by atoms with Crippen molar-refractivity contribution in [2.24, 2.45) is 0 Å². The minimum atomic E-state index is -4.49. The predicted molar refractivity (Wildman–Crippen MR) is 44.0 cm³/mol. The molecule has 0 aliphatic carbocycles. The smallest absolute Gasteiger partial charge is 0.422 e. The van der Waals surface area contributed by atoms with E-state index in [1.54, 1.807) is 6.92 Å². The summed E-state index contributed by atoms with van der Waals surface area (Å²) in [7, 11) is 0. The fourth-order valence-electron chi connectivity index (χ4n) is 0.766. The maximum absolute atomic E-state index is 11.7. The molecule has 0 fully saturated rings. The van der Waals surface area contributed by atoms with Crippen molar-refractivity contribution >= 4 is 5.97 Å². The van der Waals surface area contributed by atoms with Gasteiger partial charge >= 0.3 is 18.2 Å². The van der Waals surface area contributed by atoms with Crippen LogP contribution in [0.1, 0.15) is 17.4 Å². The molecule has 0 amide bonds. The Morgan fingerprint density at radius 1 is 1.56 bits per heavy atom. The van der Waals surface area contributed by atoms with Crippen molar-refractivity contribution in [1.82, 2.24) is 4.98 Å². The van der Waals surface area contributed by atoms with E-state index in [0.717, 1.165) is 6.26 Å². The fourth-order valence-corrected chi connectivity index (χ4v) is 0.766. The molecule has 1 aromatic rings. The van der Waals surface area contributed by atoms with Crippen LogP contribution in [0, 0.1) is 0 Å². The number of halogens is 3. The lowest BCUT2D eigenvalue weighted by Crippen LogP contribution is -2.19. The van der Waals surface area contributed by atoms with Gasteiger partial charge in [0.2, 0.25) is 0 Å². The summed E-state index contributed by atoms with van der Waals surface area (Å²) < 4.78 is 48.4. The first-order valence-electron chi connectivity index (χ1n) is 4.24. The third kappa shape index (κ3) is 3.79. The van der Waals surface area contributed by atoms with Gasteiger partial charge in [0.15, 0.2) is 12.3 Å². The standard InChI is InChI=1S/C8H8F3NO4/c1-2-14-6(13)5-3-15-7(12-5)16-4-8(9,10)11/h3H,2,4H2,1H3. The normalized spacial score (nSPS) is 11.2. The van der Waals surface area contributed by atoms with E-state index in [4.69, 9.17) is 0 Å². The number of nitrogens with zero attached hydrogens (tertiary/aromatic N) is 1. The summed E-state index contributed by atoms with van der Waals surface area (Å²) in [5.74, 6) is -0.784. The molecular formula is C8H8F3NO4. The molecule has 0 saturated carbocycles.